The third kappa shape index (κ3) is 4.32. The number of ether oxygens (including phenoxy) is 1. The maximum atomic E-state index is 12.6. The zero-order valence-electron chi connectivity index (χ0n) is 16.8. The van der Waals surface area contributed by atoms with E-state index in [1.807, 2.05) is 41.0 Å². The summed E-state index contributed by atoms with van der Waals surface area (Å²) in [5.74, 6) is 0.265. The highest BCUT2D eigenvalue weighted by molar-refractivity contribution is 5.89. The number of aryl methyl sites for hydroxylation is 1. The zero-order chi connectivity index (χ0) is 19.6. The fraction of sp³-hybridized carbons (Fsp3) is 0.636. The highest BCUT2D eigenvalue weighted by Gasteiger charge is 2.42. The molecular weight excluding hydrogens is 354 g/mol. The number of hydrogen-bond acceptors (Lipinski definition) is 3. The number of piperidine rings is 2. The number of carbonyl (C=O) groups excluding carboxylic acids is 2. The molecule has 3 aliphatic heterocycles. The fourth-order valence-electron chi connectivity index (χ4n) is 4.82. The van der Waals surface area contributed by atoms with Crippen molar-refractivity contribution in [3.8, 4) is 0 Å². The molecule has 0 bridgehead atoms. The van der Waals surface area contributed by atoms with Gasteiger partial charge in [-0.2, -0.15) is 0 Å². The van der Waals surface area contributed by atoms with Crippen LogP contribution in [0, 0.1) is 12.3 Å². The molecule has 3 heterocycles. The number of nitrogens with zero attached hydrogens (tertiary/aromatic N) is 2. The summed E-state index contributed by atoms with van der Waals surface area (Å²) < 4.78 is 5.74. The van der Waals surface area contributed by atoms with Crippen LogP contribution in [-0.2, 0) is 9.53 Å². The lowest BCUT2D eigenvalue weighted by Gasteiger charge is -2.47. The Balaban J connectivity index is 1.32. The van der Waals surface area contributed by atoms with E-state index in [9.17, 15) is 9.59 Å². The number of carbonyl (C=O) groups is 2. The largest absolute Gasteiger partial charge is 0.376 e. The lowest BCUT2D eigenvalue weighted by Crippen LogP contribution is -2.54. The Bertz CT molecular complexity index is 721. The topological polar surface area (TPSA) is 61.9 Å². The Kier molecular flexibility index (Phi) is 5.58. The van der Waals surface area contributed by atoms with Crippen molar-refractivity contribution in [2.75, 3.05) is 38.1 Å². The van der Waals surface area contributed by atoms with Crippen molar-refractivity contribution >= 4 is 17.6 Å². The molecule has 1 atom stereocenters. The van der Waals surface area contributed by atoms with Gasteiger partial charge < -0.3 is 19.9 Å². The molecule has 1 aromatic rings. The SMILES string of the molecule is Cc1cccc(NC(=O)N2CCC3(CCC(=O)N(C[C@@H]4CCCO4)C3)CC2)c1. The van der Waals surface area contributed by atoms with Crippen LogP contribution in [0.1, 0.15) is 44.1 Å². The van der Waals surface area contributed by atoms with E-state index < -0.39 is 0 Å². The van der Waals surface area contributed by atoms with Gasteiger partial charge in [-0.15, -0.1) is 0 Å². The average molecular weight is 386 g/mol. The summed E-state index contributed by atoms with van der Waals surface area (Å²) in [6.07, 6.45) is 5.86. The molecule has 1 N–H and O–H groups in total. The molecule has 152 valence electrons. The van der Waals surface area contributed by atoms with Crippen LogP contribution in [0.15, 0.2) is 24.3 Å². The summed E-state index contributed by atoms with van der Waals surface area (Å²) in [7, 11) is 0. The number of benzene rings is 1. The van der Waals surface area contributed by atoms with Crippen LogP contribution in [0.4, 0.5) is 10.5 Å². The number of hydrogen-bond donors (Lipinski definition) is 1. The second-order valence-electron chi connectivity index (χ2n) is 8.70. The second kappa shape index (κ2) is 8.11. The van der Waals surface area contributed by atoms with E-state index in [-0.39, 0.29) is 23.5 Å². The van der Waals surface area contributed by atoms with Crippen molar-refractivity contribution < 1.29 is 14.3 Å². The van der Waals surface area contributed by atoms with Gasteiger partial charge in [0.15, 0.2) is 0 Å². The first-order valence-corrected chi connectivity index (χ1v) is 10.6. The van der Waals surface area contributed by atoms with Crippen LogP contribution in [-0.4, -0.2) is 60.6 Å². The molecule has 0 aliphatic carbocycles. The second-order valence-corrected chi connectivity index (χ2v) is 8.70. The predicted octanol–water partition coefficient (Wildman–Crippen LogP) is 3.41. The summed E-state index contributed by atoms with van der Waals surface area (Å²) in [6, 6.07) is 7.86. The predicted molar refractivity (Wildman–Crippen MR) is 108 cm³/mol. The number of urea groups is 1. The van der Waals surface area contributed by atoms with Gasteiger partial charge in [-0.3, -0.25) is 4.79 Å². The van der Waals surface area contributed by atoms with Crippen LogP contribution in [0.2, 0.25) is 0 Å². The standard InChI is InChI=1S/C22H31N3O3/c1-17-4-2-5-18(14-17)23-21(27)24-11-9-22(10-12-24)8-7-20(26)25(16-22)15-19-6-3-13-28-19/h2,4-5,14,19H,3,6-13,15-16H2,1H3,(H,23,27)/t19-/m0/s1. The van der Waals surface area contributed by atoms with Crippen molar-refractivity contribution in [2.24, 2.45) is 5.41 Å². The van der Waals surface area contributed by atoms with Gasteiger partial charge in [0.1, 0.15) is 0 Å². The summed E-state index contributed by atoms with van der Waals surface area (Å²) in [6.45, 7) is 5.90. The maximum Gasteiger partial charge on any atom is 0.321 e. The Labute approximate surface area is 167 Å². The summed E-state index contributed by atoms with van der Waals surface area (Å²) in [5.41, 5.74) is 2.14. The van der Waals surface area contributed by atoms with E-state index in [1.54, 1.807) is 0 Å². The van der Waals surface area contributed by atoms with Crippen LogP contribution in [0.5, 0.6) is 0 Å². The lowest BCUT2D eigenvalue weighted by molar-refractivity contribution is -0.140. The van der Waals surface area contributed by atoms with E-state index in [0.29, 0.717) is 6.42 Å². The molecule has 3 fully saturated rings. The molecule has 4 rings (SSSR count). The van der Waals surface area contributed by atoms with Gasteiger partial charge in [0.2, 0.25) is 5.91 Å². The first-order valence-electron chi connectivity index (χ1n) is 10.6. The summed E-state index contributed by atoms with van der Waals surface area (Å²) in [5, 5.41) is 3.01. The lowest BCUT2D eigenvalue weighted by atomic mass is 9.72. The maximum absolute atomic E-state index is 12.6. The molecule has 1 spiro atoms. The molecule has 0 saturated carbocycles. The van der Waals surface area contributed by atoms with Crippen molar-refractivity contribution in [1.82, 2.24) is 9.80 Å². The molecule has 0 unspecified atom stereocenters. The highest BCUT2D eigenvalue weighted by atomic mass is 16.5. The number of nitrogens with one attached hydrogen (secondary N) is 1. The summed E-state index contributed by atoms with van der Waals surface area (Å²) in [4.78, 5) is 29.0. The smallest absolute Gasteiger partial charge is 0.321 e. The third-order valence-electron chi connectivity index (χ3n) is 6.58. The van der Waals surface area contributed by atoms with Gasteiger partial charge in [-0.25, -0.2) is 4.79 Å². The van der Waals surface area contributed by atoms with Gasteiger partial charge in [0.05, 0.1) is 6.10 Å². The van der Waals surface area contributed by atoms with E-state index in [2.05, 4.69) is 5.32 Å². The van der Waals surface area contributed by atoms with Gasteiger partial charge >= 0.3 is 6.03 Å². The molecule has 6 nitrogen and oxygen atoms in total. The molecule has 3 saturated heterocycles. The molecular formula is C22H31N3O3. The Morgan fingerprint density at radius 2 is 2.11 bits per heavy atom. The van der Waals surface area contributed by atoms with Crippen LogP contribution in [0.3, 0.4) is 0 Å². The average Bonchev–Trinajstić information content (AvgIpc) is 3.19. The molecule has 0 radical (unpaired) electrons. The van der Waals surface area contributed by atoms with E-state index in [4.69, 9.17) is 4.74 Å². The van der Waals surface area contributed by atoms with E-state index in [0.717, 1.165) is 76.1 Å². The molecule has 6 heteroatoms. The van der Waals surface area contributed by atoms with Gasteiger partial charge in [0.25, 0.3) is 0 Å². The Morgan fingerprint density at radius 1 is 1.29 bits per heavy atom. The number of anilines is 1. The Hall–Kier alpha value is -2.08. The van der Waals surface area contributed by atoms with E-state index in [1.165, 1.54) is 0 Å². The van der Waals surface area contributed by atoms with Crippen LogP contribution < -0.4 is 5.32 Å². The Morgan fingerprint density at radius 3 is 2.82 bits per heavy atom. The molecule has 28 heavy (non-hydrogen) atoms. The minimum atomic E-state index is -0.0245. The van der Waals surface area contributed by atoms with Crippen molar-refractivity contribution in [3.63, 3.8) is 0 Å². The van der Waals surface area contributed by atoms with Gasteiger partial charge in [-0.05, 0) is 62.1 Å². The fourth-order valence-corrected chi connectivity index (χ4v) is 4.82. The first-order chi connectivity index (χ1) is 13.5. The number of likely N-dealkylation sites (tertiary alicyclic amines) is 2. The monoisotopic (exact) mass is 385 g/mol. The van der Waals surface area contributed by atoms with Gasteiger partial charge in [-0.1, -0.05) is 12.1 Å². The van der Waals surface area contributed by atoms with Crippen molar-refractivity contribution in [3.05, 3.63) is 29.8 Å². The molecule has 1 aromatic carbocycles. The molecule has 3 aliphatic rings. The minimum Gasteiger partial charge on any atom is -0.376 e. The molecule has 0 aromatic heterocycles. The highest BCUT2D eigenvalue weighted by Crippen LogP contribution is 2.40. The van der Waals surface area contributed by atoms with Crippen molar-refractivity contribution in [2.45, 2.75) is 51.6 Å². The molecule has 3 amide bonds. The normalized spacial score (nSPS) is 24.6. The number of rotatable bonds is 3. The van der Waals surface area contributed by atoms with E-state index >= 15 is 0 Å². The quantitative estimate of drug-likeness (QED) is 0.867. The first kappa shape index (κ1) is 19.2. The third-order valence-corrected chi connectivity index (χ3v) is 6.58. The summed E-state index contributed by atoms with van der Waals surface area (Å²) >= 11 is 0. The van der Waals surface area contributed by atoms with Gasteiger partial charge in [0, 0.05) is 44.9 Å². The van der Waals surface area contributed by atoms with Crippen LogP contribution in [0.25, 0.3) is 0 Å². The zero-order valence-corrected chi connectivity index (χ0v) is 16.8. The van der Waals surface area contributed by atoms with Crippen LogP contribution >= 0.6 is 0 Å². The number of amides is 3. The van der Waals surface area contributed by atoms with Crippen molar-refractivity contribution in [1.29, 1.82) is 0 Å². The minimum absolute atomic E-state index is 0.0245.